The molecular weight excluding hydrogens is 855 g/mol. The zero-order valence-electron chi connectivity index (χ0n) is 37.5. The minimum absolute atomic E-state index is 0.0166. The van der Waals surface area contributed by atoms with Crippen LogP contribution in [0.2, 0.25) is 15.1 Å². The molecule has 2 aliphatic rings. The average Bonchev–Trinajstić information content (AvgIpc) is 3.85. The molecule has 2 saturated carbocycles. The monoisotopic (exact) mass is 920 g/mol. The lowest BCUT2D eigenvalue weighted by molar-refractivity contribution is -0.119. The van der Waals surface area contributed by atoms with Crippen LogP contribution in [0.5, 0.6) is 5.75 Å². The Morgan fingerprint density at radius 3 is 2.17 bits per heavy atom. The summed E-state index contributed by atoms with van der Waals surface area (Å²) >= 11 is 19.9. The number of ether oxygens (including phenoxy) is 1. The van der Waals surface area contributed by atoms with Crippen molar-refractivity contribution in [3.05, 3.63) is 98.0 Å². The number of carbonyl (C=O) groups excluding carboxylic acids is 2. The number of Topliss-reactive ketones (excluding diaryl/α,β-unsaturated/α-hetero) is 1. The molecule has 2 aromatic heterocycles. The SMILES string of the molecule is CCCCCCCC/C=C\CCCCCCCC(=O)CCCNC(=O)c1cc(C2CC(O)(c3ccc(OCc4c(-c5c(Cl)cccc5Cl)noc4C4CC4)cc3Cl)C2)n(C(C)C)n1. The normalized spacial score (nSPS) is 17.4. The minimum atomic E-state index is -1.15. The number of rotatable bonds is 28. The number of amides is 1. The highest BCUT2D eigenvalue weighted by molar-refractivity contribution is 6.39. The largest absolute Gasteiger partial charge is 0.489 e. The van der Waals surface area contributed by atoms with E-state index in [-0.39, 0.29) is 36.2 Å². The standard InChI is InChI=1S/C51H67Cl3N4O5/c1-4-5-6-7-8-9-10-11-12-13-14-15-16-17-18-21-38(59)22-20-29-55-50(60)45-31-46(58(56-45)35(2)3)37-32-51(61,33-37)41-28-27-39(30-44(41)54)62-34-40-48(57-63-49(40)36-25-26-36)47-42(52)23-19-24-43(47)53/h11-12,19,23-24,27-28,30-31,35-37,61H,4-10,13-18,20-22,25-26,29,32-34H2,1-3H3,(H,55,60)/b12-11-. The van der Waals surface area contributed by atoms with Gasteiger partial charge in [-0.2, -0.15) is 5.10 Å². The van der Waals surface area contributed by atoms with Gasteiger partial charge in [0.05, 0.1) is 26.2 Å². The fraction of sp³-hybridized carbons (Fsp3) is 0.569. The number of allylic oxidation sites excluding steroid dienone is 2. The number of ketones is 1. The molecule has 2 heterocycles. The molecule has 63 heavy (non-hydrogen) atoms. The Labute approximate surface area is 389 Å². The van der Waals surface area contributed by atoms with Gasteiger partial charge in [0.25, 0.3) is 5.91 Å². The van der Waals surface area contributed by atoms with Gasteiger partial charge in [-0.25, -0.2) is 0 Å². The summed E-state index contributed by atoms with van der Waals surface area (Å²) in [6, 6.07) is 12.5. The van der Waals surface area contributed by atoms with Crippen LogP contribution in [0.4, 0.5) is 0 Å². The van der Waals surface area contributed by atoms with Crippen LogP contribution in [0.25, 0.3) is 11.3 Å². The van der Waals surface area contributed by atoms with Gasteiger partial charge < -0.3 is 19.7 Å². The zero-order chi connectivity index (χ0) is 44.8. The topological polar surface area (TPSA) is 119 Å². The lowest BCUT2D eigenvalue weighted by Crippen LogP contribution is -2.41. The Hall–Kier alpha value is -3.63. The molecule has 2 aliphatic carbocycles. The van der Waals surface area contributed by atoms with E-state index in [0.29, 0.717) is 82.0 Å². The molecule has 6 rings (SSSR count). The van der Waals surface area contributed by atoms with Gasteiger partial charge >= 0.3 is 0 Å². The predicted molar refractivity (Wildman–Crippen MR) is 254 cm³/mol. The molecule has 0 aliphatic heterocycles. The number of halogens is 3. The second-order valence-corrected chi connectivity index (χ2v) is 19.3. The molecule has 0 unspecified atom stereocenters. The number of unbranched alkanes of at least 4 members (excludes halogenated alkanes) is 11. The zero-order valence-corrected chi connectivity index (χ0v) is 39.8. The fourth-order valence-electron chi connectivity index (χ4n) is 8.69. The summed E-state index contributed by atoms with van der Waals surface area (Å²) in [5.74, 6) is 1.60. The van der Waals surface area contributed by atoms with E-state index in [0.717, 1.165) is 49.1 Å². The molecule has 0 bridgehead atoms. The van der Waals surface area contributed by atoms with Crippen molar-refractivity contribution in [2.24, 2.45) is 0 Å². The summed E-state index contributed by atoms with van der Waals surface area (Å²) in [5, 5.41) is 25.1. The number of aliphatic hydroxyl groups is 1. The maximum atomic E-state index is 13.2. The van der Waals surface area contributed by atoms with Gasteiger partial charge in [0.1, 0.15) is 35.3 Å². The van der Waals surface area contributed by atoms with Gasteiger partial charge in [-0.3, -0.25) is 14.3 Å². The Kier molecular flexibility index (Phi) is 18.6. The molecule has 0 spiro atoms. The number of hydrogen-bond donors (Lipinski definition) is 2. The molecule has 342 valence electrons. The number of benzene rings is 2. The molecule has 4 aromatic rings. The molecule has 0 atom stereocenters. The van der Waals surface area contributed by atoms with Crippen LogP contribution in [0, 0.1) is 0 Å². The summed E-state index contributed by atoms with van der Waals surface area (Å²) in [5.41, 5.74) is 2.70. The summed E-state index contributed by atoms with van der Waals surface area (Å²) < 4.78 is 13.9. The van der Waals surface area contributed by atoms with Crippen molar-refractivity contribution in [2.75, 3.05) is 6.54 Å². The van der Waals surface area contributed by atoms with Crippen LogP contribution in [-0.2, 0) is 17.0 Å². The van der Waals surface area contributed by atoms with Crippen molar-refractivity contribution in [3.63, 3.8) is 0 Å². The van der Waals surface area contributed by atoms with Crippen LogP contribution < -0.4 is 10.1 Å². The second kappa shape index (κ2) is 24.1. The van der Waals surface area contributed by atoms with Crippen molar-refractivity contribution < 1.29 is 24.0 Å². The lowest BCUT2D eigenvalue weighted by Gasteiger charge is -2.44. The van der Waals surface area contributed by atoms with Crippen molar-refractivity contribution in [1.82, 2.24) is 20.3 Å². The summed E-state index contributed by atoms with van der Waals surface area (Å²) in [6.07, 6.45) is 25.4. The Morgan fingerprint density at radius 2 is 1.52 bits per heavy atom. The fourth-order valence-corrected chi connectivity index (χ4v) is 9.61. The van der Waals surface area contributed by atoms with E-state index < -0.39 is 5.60 Å². The second-order valence-electron chi connectivity index (χ2n) is 18.0. The summed E-state index contributed by atoms with van der Waals surface area (Å²) in [4.78, 5) is 25.7. The molecular formula is C51H67Cl3N4O5. The number of carbonyl (C=O) groups is 2. The predicted octanol–water partition coefficient (Wildman–Crippen LogP) is 14.4. The van der Waals surface area contributed by atoms with Gasteiger partial charge in [0.2, 0.25) is 0 Å². The van der Waals surface area contributed by atoms with Gasteiger partial charge in [0, 0.05) is 54.1 Å². The minimum Gasteiger partial charge on any atom is -0.489 e. The van der Waals surface area contributed by atoms with Crippen molar-refractivity contribution in [1.29, 1.82) is 0 Å². The molecule has 0 saturated heterocycles. The van der Waals surface area contributed by atoms with Crippen molar-refractivity contribution in [3.8, 4) is 17.0 Å². The highest BCUT2D eigenvalue weighted by Gasteiger charge is 2.47. The molecule has 2 aromatic carbocycles. The summed E-state index contributed by atoms with van der Waals surface area (Å²) in [7, 11) is 0. The highest BCUT2D eigenvalue weighted by atomic mass is 35.5. The Bertz CT molecular complexity index is 2110. The van der Waals surface area contributed by atoms with Gasteiger partial charge in [-0.05, 0) is 108 Å². The quantitative estimate of drug-likeness (QED) is 0.0430. The van der Waals surface area contributed by atoms with Crippen molar-refractivity contribution in [2.45, 2.75) is 179 Å². The van der Waals surface area contributed by atoms with E-state index in [2.05, 4.69) is 34.6 Å². The first kappa shape index (κ1) is 48.8. The van der Waals surface area contributed by atoms with Crippen molar-refractivity contribution >= 4 is 46.5 Å². The van der Waals surface area contributed by atoms with Gasteiger partial charge in [-0.1, -0.05) is 123 Å². The third-order valence-electron chi connectivity index (χ3n) is 12.5. The first-order chi connectivity index (χ1) is 30.5. The maximum absolute atomic E-state index is 13.2. The van der Waals surface area contributed by atoms with E-state index in [1.165, 1.54) is 64.2 Å². The summed E-state index contributed by atoms with van der Waals surface area (Å²) in [6.45, 7) is 6.91. The smallest absolute Gasteiger partial charge is 0.271 e. The Balaban J connectivity index is 0.908. The molecule has 0 radical (unpaired) electrons. The average molecular weight is 922 g/mol. The third kappa shape index (κ3) is 13.7. The lowest BCUT2D eigenvalue weighted by atomic mass is 9.66. The maximum Gasteiger partial charge on any atom is 0.271 e. The highest BCUT2D eigenvalue weighted by Crippen LogP contribution is 2.53. The van der Waals surface area contributed by atoms with Crippen LogP contribution in [-0.4, -0.2) is 38.3 Å². The van der Waals surface area contributed by atoms with Crippen LogP contribution >= 0.6 is 34.8 Å². The van der Waals surface area contributed by atoms with E-state index in [1.807, 2.05) is 36.7 Å². The van der Waals surface area contributed by atoms with Gasteiger partial charge in [-0.15, -0.1) is 0 Å². The Morgan fingerprint density at radius 1 is 0.873 bits per heavy atom. The third-order valence-corrected chi connectivity index (χ3v) is 13.4. The molecule has 9 nitrogen and oxygen atoms in total. The molecule has 12 heteroatoms. The van der Waals surface area contributed by atoms with E-state index in [9.17, 15) is 14.7 Å². The molecule has 2 N–H and O–H groups in total. The molecule has 1 amide bonds. The van der Waals surface area contributed by atoms with Crippen LogP contribution in [0.15, 0.2) is 59.1 Å². The number of nitrogens with one attached hydrogen (secondary N) is 1. The first-order valence-corrected chi connectivity index (χ1v) is 24.7. The van der Waals surface area contributed by atoms with Crippen LogP contribution in [0.3, 0.4) is 0 Å². The first-order valence-electron chi connectivity index (χ1n) is 23.6. The number of nitrogens with zero attached hydrogens (tertiary/aromatic N) is 3. The van der Waals surface area contributed by atoms with E-state index in [4.69, 9.17) is 44.1 Å². The van der Waals surface area contributed by atoms with E-state index >= 15 is 0 Å². The number of hydrogen-bond acceptors (Lipinski definition) is 7. The van der Waals surface area contributed by atoms with Gasteiger partial charge in [0.15, 0.2) is 0 Å². The number of aromatic nitrogens is 3. The molecule has 2 fully saturated rings. The van der Waals surface area contributed by atoms with E-state index in [1.54, 1.807) is 24.3 Å². The van der Waals surface area contributed by atoms with Crippen LogP contribution in [0.1, 0.15) is 200 Å².